The number of rotatable bonds is 4. The molecule has 2 amide bonds. The monoisotopic (exact) mass is 270 g/mol. The molecule has 0 aromatic carbocycles. The van der Waals surface area contributed by atoms with Crippen molar-refractivity contribution in [3.63, 3.8) is 0 Å². The molecule has 0 aromatic rings. The molecule has 1 unspecified atom stereocenters. The quantitative estimate of drug-likeness (QED) is 0.618. The number of carbonyl (C=O) groups excluding carboxylic acids is 2. The minimum atomic E-state index is -0.799. The highest BCUT2D eigenvalue weighted by atomic mass is 16.7. The van der Waals surface area contributed by atoms with Crippen LogP contribution >= 0.6 is 0 Å². The largest absolute Gasteiger partial charge is 0.444 e. The maximum absolute atomic E-state index is 11.9. The first-order valence-corrected chi connectivity index (χ1v) is 5.92. The van der Waals surface area contributed by atoms with Crippen LogP contribution in [0.2, 0.25) is 0 Å². The number of carbonyl (C=O) groups is 2. The molecule has 0 fully saturated rings. The average molecular weight is 270 g/mol. The zero-order valence-corrected chi connectivity index (χ0v) is 12.4. The number of amides is 2. The maximum atomic E-state index is 11.9. The average Bonchev–Trinajstić information content (AvgIpc) is 2.30. The van der Waals surface area contributed by atoms with Gasteiger partial charge in [0.15, 0.2) is 0 Å². The first-order chi connectivity index (χ1) is 8.71. The fourth-order valence-electron chi connectivity index (χ4n) is 1.16. The van der Waals surface area contributed by atoms with Crippen molar-refractivity contribution in [2.45, 2.75) is 45.8 Å². The molecule has 0 spiro atoms. The molecular weight excluding hydrogens is 248 g/mol. The van der Waals surface area contributed by atoms with E-state index in [1.807, 2.05) is 0 Å². The summed E-state index contributed by atoms with van der Waals surface area (Å²) in [4.78, 5) is 28.4. The highest BCUT2D eigenvalue weighted by molar-refractivity contribution is 5.85. The Bertz CT molecular complexity index is 376. The van der Waals surface area contributed by atoms with Crippen LogP contribution in [0.3, 0.4) is 0 Å². The lowest BCUT2D eigenvalue weighted by Gasteiger charge is -2.24. The molecule has 0 bridgehead atoms. The Morgan fingerprint density at radius 1 is 1.37 bits per heavy atom. The minimum Gasteiger partial charge on any atom is -0.444 e. The van der Waals surface area contributed by atoms with E-state index >= 15 is 0 Å². The van der Waals surface area contributed by atoms with Crippen LogP contribution < -0.4 is 5.32 Å². The number of hydroxylamine groups is 2. The van der Waals surface area contributed by atoms with Crippen LogP contribution in [0, 0.1) is 11.8 Å². The number of nitrogens with one attached hydrogen (secondary N) is 1. The van der Waals surface area contributed by atoms with Crippen molar-refractivity contribution in [2.75, 3.05) is 14.2 Å². The van der Waals surface area contributed by atoms with Gasteiger partial charge in [-0.2, -0.15) is 0 Å². The van der Waals surface area contributed by atoms with Crippen molar-refractivity contribution in [1.82, 2.24) is 10.4 Å². The molecule has 6 heteroatoms. The van der Waals surface area contributed by atoms with E-state index in [1.54, 1.807) is 27.7 Å². The van der Waals surface area contributed by atoms with E-state index in [4.69, 9.17) is 9.57 Å². The van der Waals surface area contributed by atoms with E-state index in [9.17, 15) is 9.59 Å². The highest BCUT2D eigenvalue weighted by Crippen LogP contribution is 2.07. The fraction of sp³-hybridized carbons (Fsp3) is 0.692. The second kappa shape index (κ2) is 7.64. The smallest absolute Gasteiger partial charge is 0.408 e. The molecule has 0 aliphatic rings. The molecule has 0 aromatic heterocycles. The lowest BCUT2D eigenvalue weighted by Crippen LogP contribution is -2.48. The Labute approximate surface area is 114 Å². The highest BCUT2D eigenvalue weighted by Gasteiger charge is 2.26. The van der Waals surface area contributed by atoms with Gasteiger partial charge in [-0.25, -0.2) is 9.86 Å². The van der Waals surface area contributed by atoms with Crippen LogP contribution in [-0.4, -0.2) is 42.9 Å². The number of nitrogens with zero attached hydrogens (tertiary/aromatic N) is 1. The number of hydrogen-bond donors (Lipinski definition) is 1. The molecule has 0 rings (SSSR count). The van der Waals surface area contributed by atoms with Crippen LogP contribution in [-0.2, 0) is 14.4 Å². The Morgan fingerprint density at radius 3 is 2.37 bits per heavy atom. The van der Waals surface area contributed by atoms with Crippen LogP contribution in [0.25, 0.3) is 0 Å². The molecule has 0 saturated carbocycles. The van der Waals surface area contributed by atoms with E-state index < -0.39 is 23.6 Å². The van der Waals surface area contributed by atoms with E-state index in [1.165, 1.54) is 14.2 Å². The van der Waals surface area contributed by atoms with Gasteiger partial charge in [0, 0.05) is 13.5 Å². The summed E-state index contributed by atoms with van der Waals surface area (Å²) in [5, 5.41) is 3.53. The Hall–Kier alpha value is -1.74. The molecule has 0 saturated heterocycles. The minimum absolute atomic E-state index is 0.197. The summed E-state index contributed by atoms with van der Waals surface area (Å²) in [5.41, 5.74) is -0.624. The third-order valence-corrected chi connectivity index (χ3v) is 2.06. The van der Waals surface area contributed by atoms with Crippen LogP contribution in [0.5, 0.6) is 0 Å². The van der Waals surface area contributed by atoms with Gasteiger partial charge in [0.2, 0.25) is 0 Å². The predicted octanol–water partition coefficient (Wildman–Crippen LogP) is 1.31. The Kier molecular flexibility index (Phi) is 6.94. The van der Waals surface area contributed by atoms with Gasteiger partial charge in [-0.3, -0.25) is 9.63 Å². The SMILES string of the molecule is CC#CCC(NC(=O)OC(C)(C)C)C(=O)N(C)OC. The van der Waals surface area contributed by atoms with E-state index in [-0.39, 0.29) is 6.42 Å². The van der Waals surface area contributed by atoms with Crippen molar-refractivity contribution in [2.24, 2.45) is 0 Å². The molecule has 6 nitrogen and oxygen atoms in total. The van der Waals surface area contributed by atoms with Gasteiger partial charge in [-0.05, 0) is 27.7 Å². The van der Waals surface area contributed by atoms with Gasteiger partial charge in [0.1, 0.15) is 11.6 Å². The van der Waals surface area contributed by atoms with Gasteiger partial charge < -0.3 is 10.1 Å². The first kappa shape index (κ1) is 17.3. The van der Waals surface area contributed by atoms with Gasteiger partial charge in [0.05, 0.1) is 7.11 Å². The van der Waals surface area contributed by atoms with Gasteiger partial charge >= 0.3 is 6.09 Å². The summed E-state index contributed by atoms with van der Waals surface area (Å²) >= 11 is 0. The van der Waals surface area contributed by atoms with Crippen molar-refractivity contribution < 1.29 is 19.2 Å². The number of ether oxygens (including phenoxy) is 1. The lowest BCUT2D eigenvalue weighted by atomic mass is 10.2. The van der Waals surface area contributed by atoms with Gasteiger partial charge in [-0.1, -0.05) is 0 Å². The van der Waals surface area contributed by atoms with Crippen molar-refractivity contribution in [1.29, 1.82) is 0 Å². The summed E-state index contributed by atoms with van der Waals surface area (Å²) < 4.78 is 5.10. The molecule has 0 heterocycles. The van der Waals surface area contributed by atoms with Gasteiger partial charge in [-0.15, -0.1) is 11.8 Å². The summed E-state index contributed by atoms with van der Waals surface area (Å²) in [5.74, 6) is 5.04. The normalized spacial score (nSPS) is 11.9. The number of hydrogen-bond acceptors (Lipinski definition) is 4. The number of likely N-dealkylation sites (N-methyl/N-ethyl adjacent to an activating group) is 1. The molecule has 0 radical (unpaired) electrons. The second-order valence-corrected chi connectivity index (χ2v) is 4.85. The maximum Gasteiger partial charge on any atom is 0.408 e. The summed E-state index contributed by atoms with van der Waals surface area (Å²) in [7, 11) is 2.83. The topological polar surface area (TPSA) is 67.9 Å². The van der Waals surface area contributed by atoms with Crippen LogP contribution in [0.15, 0.2) is 0 Å². The van der Waals surface area contributed by atoms with Gasteiger partial charge in [0.25, 0.3) is 5.91 Å². The molecule has 108 valence electrons. The predicted molar refractivity (Wildman–Crippen MR) is 71.0 cm³/mol. The molecular formula is C13H22N2O4. The van der Waals surface area contributed by atoms with Crippen LogP contribution in [0.4, 0.5) is 4.79 Å². The van der Waals surface area contributed by atoms with E-state index in [2.05, 4.69) is 17.2 Å². The second-order valence-electron chi connectivity index (χ2n) is 4.85. The first-order valence-electron chi connectivity index (χ1n) is 5.92. The van der Waals surface area contributed by atoms with E-state index in [0.29, 0.717) is 0 Å². The van der Waals surface area contributed by atoms with Crippen molar-refractivity contribution in [3.05, 3.63) is 0 Å². The lowest BCUT2D eigenvalue weighted by molar-refractivity contribution is -0.170. The molecule has 0 aliphatic heterocycles. The Morgan fingerprint density at radius 2 is 1.95 bits per heavy atom. The zero-order valence-electron chi connectivity index (χ0n) is 12.4. The van der Waals surface area contributed by atoms with E-state index in [0.717, 1.165) is 5.06 Å². The summed E-state index contributed by atoms with van der Waals surface area (Å²) in [6.45, 7) is 6.90. The summed E-state index contributed by atoms with van der Waals surface area (Å²) in [6, 6.07) is -0.799. The third-order valence-electron chi connectivity index (χ3n) is 2.06. The molecule has 1 N–H and O–H groups in total. The van der Waals surface area contributed by atoms with Crippen molar-refractivity contribution in [3.8, 4) is 11.8 Å². The molecule has 0 aliphatic carbocycles. The van der Waals surface area contributed by atoms with Crippen molar-refractivity contribution >= 4 is 12.0 Å². The summed E-state index contributed by atoms with van der Waals surface area (Å²) in [6.07, 6.45) is -0.462. The standard InChI is InChI=1S/C13H22N2O4/c1-7-8-9-10(11(16)15(5)18-6)14-12(17)19-13(2,3)4/h10H,9H2,1-6H3,(H,14,17). The third kappa shape index (κ3) is 7.32. The number of alkyl carbamates (subject to hydrolysis) is 1. The zero-order chi connectivity index (χ0) is 15.1. The molecule has 1 atom stereocenters. The molecule has 19 heavy (non-hydrogen) atoms. The Balaban J connectivity index is 4.71. The fourth-order valence-corrected chi connectivity index (χ4v) is 1.16. The van der Waals surface area contributed by atoms with Crippen LogP contribution in [0.1, 0.15) is 34.1 Å².